The fraction of sp³-hybridized carbons (Fsp3) is 0.143. The molecule has 15 nitrogen and oxygen atoms in total. The number of nitro groups is 1. The zero-order valence-corrected chi connectivity index (χ0v) is 18.9. The van der Waals surface area contributed by atoms with Gasteiger partial charge in [-0.1, -0.05) is 12.1 Å². The van der Waals surface area contributed by atoms with Crippen molar-refractivity contribution in [3.63, 3.8) is 0 Å². The molecule has 36 heavy (non-hydrogen) atoms. The second kappa shape index (κ2) is 9.88. The zero-order valence-electron chi connectivity index (χ0n) is 18.9. The number of anilines is 1. The lowest BCUT2D eigenvalue weighted by molar-refractivity contribution is -0.385. The number of rotatable bonds is 8. The van der Waals surface area contributed by atoms with Crippen LogP contribution < -0.4 is 20.6 Å². The van der Waals surface area contributed by atoms with E-state index in [1.54, 1.807) is 28.8 Å². The first-order valence-corrected chi connectivity index (χ1v) is 10.2. The summed E-state index contributed by atoms with van der Waals surface area (Å²) in [5, 5.41) is 22.8. The van der Waals surface area contributed by atoms with Crippen molar-refractivity contribution in [1.82, 2.24) is 25.3 Å². The van der Waals surface area contributed by atoms with Gasteiger partial charge in [-0.25, -0.2) is 15.0 Å². The summed E-state index contributed by atoms with van der Waals surface area (Å²) in [5.41, 5.74) is 8.99. The molecule has 0 bridgehead atoms. The molecular formula is C21H18N8O7. The number of imidazole rings is 1. The van der Waals surface area contributed by atoms with Crippen molar-refractivity contribution in [2.24, 2.45) is 5.10 Å². The first kappa shape index (κ1) is 23.8. The summed E-state index contributed by atoms with van der Waals surface area (Å²) >= 11 is 0. The SMILES string of the molecule is COc1c(OC(C)=O)ccc(/C=N\NC(=O)Cn2c(-c3nonc3N)nc3ccccc32)c1[N+](=O)[O-]. The highest BCUT2D eigenvalue weighted by Crippen LogP contribution is 2.39. The summed E-state index contributed by atoms with van der Waals surface area (Å²) in [4.78, 5) is 39.4. The van der Waals surface area contributed by atoms with Gasteiger partial charge in [0.15, 0.2) is 23.1 Å². The van der Waals surface area contributed by atoms with Gasteiger partial charge in [-0.15, -0.1) is 0 Å². The highest BCUT2D eigenvalue weighted by atomic mass is 16.6. The van der Waals surface area contributed by atoms with E-state index < -0.39 is 22.5 Å². The number of nitrogens with zero attached hydrogens (tertiary/aromatic N) is 6. The van der Waals surface area contributed by atoms with Crippen molar-refractivity contribution in [3.8, 4) is 23.0 Å². The van der Waals surface area contributed by atoms with E-state index in [2.05, 4.69) is 30.5 Å². The molecule has 0 unspecified atom stereocenters. The number of amides is 1. The van der Waals surface area contributed by atoms with Crippen LogP contribution in [0.1, 0.15) is 12.5 Å². The van der Waals surface area contributed by atoms with Crippen LogP contribution in [-0.4, -0.2) is 50.0 Å². The molecule has 0 saturated heterocycles. The van der Waals surface area contributed by atoms with Gasteiger partial charge in [-0.2, -0.15) is 5.10 Å². The van der Waals surface area contributed by atoms with Crippen molar-refractivity contribution < 1.29 is 28.6 Å². The number of aromatic nitrogens is 4. The molecule has 2 aromatic heterocycles. The average Bonchev–Trinajstić information content (AvgIpc) is 3.42. The first-order valence-electron chi connectivity index (χ1n) is 10.2. The summed E-state index contributed by atoms with van der Waals surface area (Å²) in [7, 11) is 1.20. The molecular weight excluding hydrogens is 476 g/mol. The minimum absolute atomic E-state index is 0.00302. The maximum atomic E-state index is 12.7. The van der Waals surface area contributed by atoms with Gasteiger partial charge in [0.05, 0.1) is 34.8 Å². The number of nitrogen functional groups attached to an aromatic ring is 1. The molecule has 184 valence electrons. The Morgan fingerprint density at radius 3 is 2.72 bits per heavy atom. The normalized spacial score (nSPS) is 11.1. The second-order valence-corrected chi connectivity index (χ2v) is 7.19. The van der Waals surface area contributed by atoms with Crippen LogP contribution in [0, 0.1) is 10.1 Å². The van der Waals surface area contributed by atoms with Gasteiger partial charge in [-0.3, -0.25) is 19.7 Å². The van der Waals surface area contributed by atoms with E-state index in [1.165, 1.54) is 19.2 Å². The molecule has 1 amide bonds. The van der Waals surface area contributed by atoms with E-state index in [0.717, 1.165) is 13.1 Å². The molecule has 4 rings (SSSR count). The lowest BCUT2D eigenvalue weighted by Gasteiger charge is -2.10. The van der Waals surface area contributed by atoms with E-state index >= 15 is 0 Å². The Morgan fingerprint density at radius 1 is 1.28 bits per heavy atom. The highest BCUT2D eigenvalue weighted by molar-refractivity contribution is 5.90. The summed E-state index contributed by atoms with van der Waals surface area (Å²) in [6, 6.07) is 9.68. The fourth-order valence-corrected chi connectivity index (χ4v) is 3.41. The molecule has 0 aliphatic rings. The van der Waals surface area contributed by atoms with Crippen LogP contribution in [0.15, 0.2) is 46.1 Å². The smallest absolute Gasteiger partial charge is 0.323 e. The average molecular weight is 494 g/mol. The number of hydrogen-bond donors (Lipinski definition) is 2. The molecule has 0 saturated carbocycles. The number of nitro benzene ring substituents is 1. The highest BCUT2D eigenvalue weighted by Gasteiger charge is 2.25. The Balaban J connectivity index is 1.59. The number of esters is 1. The van der Waals surface area contributed by atoms with Crippen molar-refractivity contribution in [2.45, 2.75) is 13.5 Å². The Kier molecular flexibility index (Phi) is 6.53. The maximum absolute atomic E-state index is 12.7. The fourth-order valence-electron chi connectivity index (χ4n) is 3.41. The maximum Gasteiger partial charge on any atom is 0.323 e. The molecule has 4 aromatic rings. The van der Waals surface area contributed by atoms with Gasteiger partial charge in [0.1, 0.15) is 6.54 Å². The Morgan fingerprint density at radius 2 is 2.06 bits per heavy atom. The van der Waals surface area contributed by atoms with Crippen molar-refractivity contribution >= 4 is 40.6 Å². The predicted octanol–water partition coefficient (Wildman–Crippen LogP) is 1.66. The quantitative estimate of drug-likeness (QED) is 0.118. The standard InChI is InChI=1S/C21H18N8O7/c1-11(30)35-15-8-7-12(18(29(32)33)19(15)34-2)9-23-25-16(31)10-28-14-6-4-3-5-13(14)24-21(28)17-20(22)27-36-26-17/h3-9H,10H2,1-2H3,(H2,22,27)(H,25,31)/b23-9-. The number of fused-ring (bicyclic) bond motifs is 1. The van der Waals surface area contributed by atoms with Crippen LogP contribution in [0.5, 0.6) is 11.5 Å². The number of para-hydroxylation sites is 2. The Bertz CT molecular complexity index is 1510. The van der Waals surface area contributed by atoms with Crippen LogP contribution in [-0.2, 0) is 16.1 Å². The number of nitrogens with two attached hydrogens (primary N) is 1. The summed E-state index contributed by atoms with van der Waals surface area (Å²) in [5.74, 6) is -1.38. The Labute approximate surface area is 201 Å². The molecule has 0 fully saturated rings. The molecule has 2 aromatic carbocycles. The van der Waals surface area contributed by atoms with E-state index in [9.17, 15) is 19.7 Å². The number of carbonyl (C=O) groups excluding carboxylic acids is 2. The lowest BCUT2D eigenvalue weighted by atomic mass is 10.1. The number of ether oxygens (including phenoxy) is 2. The number of hydrogen-bond acceptors (Lipinski definition) is 12. The Hall–Kier alpha value is -5.34. The van der Waals surface area contributed by atoms with E-state index in [0.29, 0.717) is 11.0 Å². The second-order valence-electron chi connectivity index (χ2n) is 7.19. The van der Waals surface area contributed by atoms with Gasteiger partial charge < -0.3 is 19.8 Å². The molecule has 2 heterocycles. The minimum Gasteiger partial charge on any atom is -0.488 e. The third-order valence-corrected chi connectivity index (χ3v) is 4.84. The largest absolute Gasteiger partial charge is 0.488 e. The third-order valence-electron chi connectivity index (χ3n) is 4.84. The lowest BCUT2D eigenvalue weighted by Crippen LogP contribution is -2.23. The molecule has 0 aliphatic heterocycles. The van der Waals surface area contributed by atoms with E-state index in [1.807, 2.05) is 0 Å². The molecule has 0 aliphatic carbocycles. The van der Waals surface area contributed by atoms with Crippen molar-refractivity contribution in [3.05, 3.63) is 52.1 Å². The van der Waals surface area contributed by atoms with Gasteiger partial charge in [0.25, 0.3) is 5.91 Å². The van der Waals surface area contributed by atoms with Gasteiger partial charge >= 0.3 is 11.7 Å². The first-order chi connectivity index (χ1) is 17.3. The number of benzene rings is 2. The monoisotopic (exact) mass is 494 g/mol. The van der Waals surface area contributed by atoms with Gasteiger partial charge in [0.2, 0.25) is 5.75 Å². The molecule has 15 heteroatoms. The van der Waals surface area contributed by atoms with Crippen molar-refractivity contribution in [1.29, 1.82) is 0 Å². The van der Waals surface area contributed by atoms with Gasteiger partial charge in [-0.05, 0) is 34.6 Å². The van der Waals surface area contributed by atoms with Crippen LogP contribution >= 0.6 is 0 Å². The summed E-state index contributed by atoms with van der Waals surface area (Å²) < 4.78 is 16.2. The molecule has 3 N–H and O–H groups in total. The van der Waals surface area contributed by atoms with Crippen molar-refractivity contribution in [2.75, 3.05) is 12.8 Å². The van der Waals surface area contributed by atoms with Crippen LogP contribution in [0.3, 0.4) is 0 Å². The number of carbonyl (C=O) groups is 2. The predicted molar refractivity (Wildman–Crippen MR) is 124 cm³/mol. The zero-order chi connectivity index (χ0) is 25.8. The number of methoxy groups -OCH3 is 1. The topological polar surface area (TPSA) is 203 Å². The van der Waals surface area contributed by atoms with Crippen LogP contribution in [0.2, 0.25) is 0 Å². The molecule has 0 radical (unpaired) electrons. The van der Waals surface area contributed by atoms with Crippen LogP contribution in [0.4, 0.5) is 11.5 Å². The summed E-state index contributed by atoms with van der Waals surface area (Å²) in [6.07, 6.45) is 1.07. The molecule has 0 spiro atoms. The molecule has 0 atom stereocenters. The minimum atomic E-state index is -0.713. The summed E-state index contributed by atoms with van der Waals surface area (Å²) in [6.45, 7) is 0.912. The third kappa shape index (κ3) is 4.65. The van der Waals surface area contributed by atoms with Crippen LogP contribution in [0.25, 0.3) is 22.6 Å². The number of nitrogens with one attached hydrogen (secondary N) is 1. The van der Waals surface area contributed by atoms with Gasteiger partial charge in [0, 0.05) is 6.92 Å². The van der Waals surface area contributed by atoms with E-state index in [4.69, 9.17) is 15.2 Å². The van der Waals surface area contributed by atoms with E-state index in [-0.39, 0.29) is 40.9 Å². The number of hydrazone groups is 1.